The van der Waals surface area contributed by atoms with Crippen molar-refractivity contribution in [3.05, 3.63) is 59.7 Å². The number of hydrogen-bond donors (Lipinski definition) is 2. The van der Waals surface area contributed by atoms with Gasteiger partial charge < -0.3 is 14.2 Å². The van der Waals surface area contributed by atoms with Gasteiger partial charge in [-0.15, -0.1) is 0 Å². The van der Waals surface area contributed by atoms with Gasteiger partial charge in [0, 0.05) is 22.5 Å². The van der Waals surface area contributed by atoms with Crippen LogP contribution in [0.2, 0.25) is 0 Å². The van der Waals surface area contributed by atoms with E-state index in [1.807, 2.05) is 0 Å². The van der Waals surface area contributed by atoms with Gasteiger partial charge in [0.15, 0.2) is 0 Å². The van der Waals surface area contributed by atoms with Crippen LogP contribution < -0.4 is 10.6 Å². The highest BCUT2D eigenvalue weighted by atomic mass is 16.6. The molecule has 0 bridgehead atoms. The average Bonchev–Trinajstić information content (AvgIpc) is 3.25. The number of carbonyl (C=O) groups excluding carboxylic acids is 4. The smallest absolute Gasteiger partial charge is 0.411 e. The molecule has 31 heavy (non-hydrogen) atoms. The number of nitrogens with one attached hydrogen (secondary N) is 2. The van der Waals surface area contributed by atoms with E-state index in [0.717, 1.165) is 12.6 Å². The molecule has 0 unspecified atom stereocenters. The Morgan fingerprint density at radius 1 is 0.774 bits per heavy atom. The van der Waals surface area contributed by atoms with Gasteiger partial charge in [0.05, 0.1) is 12.2 Å². The van der Waals surface area contributed by atoms with E-state index in [1.165, 1.54) is 0 Å². The maximum atomic E-state index is 11.9. The molecule has 1 fully saturated rings. The fraction of sp³-hybridized carbons (Fsp3) is 0.273. The van der Waals surface area contributed by atoms with E-state index in [4.69, 9.17) is 14.2 Å². The number of anilines is 2. The van der Waals surface area contributed by atoms with E-state index >= 15 is 0 Å². The lowest BCUT2D eigenvalue weighted by Gasteiger charge is -2.15. The first-order valence-corrected chi connectivity index (χ1v) is 9.69. The van der Waals surface area contributed by atoms with Gasteiger partial charge in [0.1, 0.15) is 25.8 Å². The summed E-state index contributed by atoms with van der Waals surface area (Å²) < 4.78 is 16.1. The minimum absolute atomic E-state index is 0.0734. The lowest BCUT2D eigenvalue weighted by molar-refractivity contribution is -0.0167. The Hall–Kier alpha value is -3.72. The largest absolute Gasteiger partial charge is 0.447 e. The zero-order valence-electron chi connectivity index (χ0n) is 16.6. The minimum atomic E-state index is -0.623. The summed E-state index contributed by atoms with van der Waals surface area (Å²) in [6.07, 6.45) is 0.967. The molecule has 1 aliphatic heterocycles. The molecular weight excluding hydrogens is 404 g/mol. The summed E-state index contributed by atoms with van der Waals surface area (Å²) in [6.45, 7) is 0.147. The van der Waals surface area contributed by atoms with E-state index in [1.54, 1.807) is 48.5 Å². The zero-order chi connectivity index (χ0) is 22.1. The Morgan fingerprint density at radius 2 is 1.16 bits per heavy atom. The molecule has 0 radical (unpaired) electrons. The summed E-state index contributed by atoms with van der Waals surface area (Å²) in [5, 5.41) is 5.14. The van der Waals surface area contributed by atoms with Crippen molar-refractivity contribution < 1.29 is 33.4 Å². The first-order chi connectivity index (χ1) is 15.1. The molecule has 9 nitrogen and oxygen atoms in total. The predicted molar refractivity (Wildman–Crippen MR) is 111 cm³/mol. The highest BCUT2D eigenvalue weighted by Gasteiger charge is 2.27. The molecule has 9 heteroatoms. The summed E-state index contributed by atoms with van der Waals surface area (Å²) in [5.74, 6) is 0. The van der Waals surface area contributed by atoms with Crippen LogP contribution in [0.15, 0.2) is 48.5 Å². The summed E-state index contributed by atoms with van der Waals surface area (Å²) >= 11 is 0. The molecule has 1 saturated heterocycles. The van der Waals surface area contributed by atoms with E-state index in [0.29, 0.717) is 35.3 Å². The van der Waals surface area contributed by atoms with E-state index in [2.05, 4.69) is 10.6 Å². The van der Waals surface area contributed by atoms with Crippen molar-refractivity contribution in [3.8, 4) is 0 Å². The first kappa shape index (κ1) is 22.0. The van der Waals surface area contributed by atoms with Gasteiger partial charge in [-0.3, -0.25) is 20.2 Å². The van der Waals surface area contributed by atoms with Gasteiger partial charge in [0.2, 0.25) is 0 Å². The Labute approximate surface area is 178 Å². The highest BCUT2D eigenvalue weighted by Crippen LogP contribution is 2.21. The summed E-state index contributed by atoms with van der Waals surface area (Å²) in [5.41, 5.74) is 2.05. The fourth-order valence-electron chi connectivity index (χ4n) is 2.96. The molecule has 0 saturated carbocycles. The molecule has 2 N–H and O–H groups in total. The van der Waals surface area contributed by atoms with Crippen molar-refractivity contribution in [3.63, 3.8) is 0 Å². The molecule has 2 atom stereocenters. The topological polar surface area (TPSA) is 120 Å². The number of hydrogen-bond acceptors (Lipinski definition) is 7. The van der Waals surface area contributed by atoms with Crippen LogP contribution in [0.25, 0.3) is 0 Å². The van der Waals surface area contributed by atoms with E-state index in [-0.39, 0.29) is 25.4 Å². The van der Waals surface area contributed by atoms with Gasteiger partial charge in [-0.25, -0.2) is 9.59 Å². The molecule has 0 spiro atoms. The SMILES string of the molecule is O=Cc1ccc(NC(=O)OC[C@H]2CC[C@@H](COC(=O)Nc3ccc(C=O)cc3)O2)cc1. The lowest BCUT2D eigenvalue weighted by atomic mass is 10.2. The summed E-state index contributed by atoms with van der Waals surface area (Å²) in [7, 11) is 0. The van der Waals surface area contributed by atoms with Crippen molar-refractivity contribution in [1.82, 2.24) is 0 Å². The monoisotopic (exact) mass is 426 g/mol. The van der Waals surface area contributed by atoms with Crippen molar-refractivity contribution in [2.45, 2.75) is 25.0 Å². The number of carbonyl (C=O) groups is 4. The number of amides is 2. The normalized spacial score (nSPS) is 17.4. The maximum Gasteiger partial charge on any atom is 0.411 e. The van der Waals surface area contributed by atoms with Crippen LogP contribution in [-0.4, -0.2) is 50.2 Å². The van der Waals surface area contributed by atoms with Crippen LogP contribution in [0.3, 0.4) is 0 Å². The first-order valence-electron chi connectivity index (χ1n) is 9.69. The van der Waals surface area contributed by atoms with Crippen LogP contribution in [0.5, 0.6) is 0 Å². The van der Waals surface area contributed by atoms with Gasteiger partial charge in [-0.05, 0) is 61.4 Å². The third-order valence-corrected chi connectivity index (χ3v) is 4.58. The van der Waals surface area contributed by atoms with Crippen molar-refractivity contribution in [2.24, 2.45) is 0 Å². The number of ether oxygens (including phenoxy) is 3. The van der Waals surface area contributed by atoms with Crippen LogP contribution in [0, 0.1) is 0 Å². The Morgan fingerprint density at radius 3 is 1.52 bits per heavy atom. The Kier molecular flexibility index (Phi) is 7.72. The molecular formula is C22H22N2O7. The molecule has 162 valence electrons. The molecule has 1 aliphatic rings. The number of aldehydes is 2. The quantitative estimate of drug-likeness (QED) is 0.618. The summed E-state index contributed by atoms with van der Waals surface area (Å²) in [6, 6.07) is 12.8. The van der Waals surface area contributed by atoms with Crippen LogP contribution in [-0.2, 0) is 14.2 Å². The molecule has 2 amide bonds. The predicted octanol–water partition coefficient (Wildman–Crippen LogP) is 3.66. The van der Waals surface area contributed by atoms with Crippen LogP contribution in [0.1, 0.15) is 33.6 Å². The third kappa shape index (κ3) is 6.93. The van der Waals surface area contributed by atoms with Crippen molar-refractivity contribution in [2.75, 3.05) is 23.8 Å². The second kappa shape index (κ2) is 10.9. The molecule has 1 heterocycles. The highest BCUT2D eigenvalue weighted by molar-refractivity contribution is 5.86. The second-order valence-electron chi connectivity index (χ2n) is 6.88. The molecule has 0 aliphatic carbocycles. The minimum Gasteiger partial charge on any atom is -0.447 e. The number of benzene rings is 2. The zero-order valence-corrected chi connectivity index (χ0v) is 16.6. The van der Waals surface area contributed by atoms with E-state index < -0.39 is 12.2 Å². The van der Waals surface area contributed by atoms with Crippen LogP contribution >= 0.6 is 0 Å². The summed E-state index contributed by atoms with van der Waals surface area (Å²) in [4.78, 5) is 45.0. The molecule has 3 rings (SSSR count). The third-order valence-electron chi connectivity index (χ3n) is 4.58. The Balaban J connectivity index is 1.33. The standard InChI is InChI=1S/C22H22N2O7/c25-11-15-1-5-17(6-2-15)23-21(27)29-13-19-9-10-20(31-19)14-30-22(28)24-18-7-3-16(12-26)4-8-18/h1-8,11-12,19-20H,9-10,13-14H2,(H,23,27)(H,24,28)/t19-,20+. The average molecular weight is 426 g/mol. The number of rotatable bonds is 8. The molecule has 0 aromatic heterocycles. The Bertz CT molecular complexity index is 837. The molecule has 2 aromatic rings. The van der Waals surface area contributed by atoms with Gasteiger partial charge >= 0.3 is 12.2 Å². The van der Waals surface area contributed by atoms with Gasteiger partial charge in [-0.1, -0.05) is 0 Å². The van der Waals surface area contributed by atoms with Crippen molar-refractivity contribution in [1.29, 1.82) is 0 Å². The van der Waals surface area contributed by atoms with Gasteiger partial charge in [0.25, 0.3) is 0 Å². The second-order valence-corrected chi connectivity index (χ2v) is 6.88. The van der Waals surface area contributed by atoms with Crippen LogP contribution in [0.4, 0.5) is 21.0 Å². The fourth-order valence-corrected chi connectivity index (χ4v) is 2.96. The maximum absolute atomic E-state index is 11.9. The van der Waals surface area contributed by atoms with Crippen molar-refractivity contribution >= 4 is 36.1 Å². The van der Waals surface area contributed by atoms with E-state index in [9.17, 15) is 19.2 Å². The lowest BCUT2D eigenvalue weighted by Crippen LogP contribution is -2.25. The van der Waals surface area contributed by atoms with Gasteiger partial charge in [-0.2, -0.15) is 0 Å². The molecule has 2 aromatic carbocycles.